The Morgan fingerprint density at radius 3 is 2.62 bits per heavy atom. The average molecular weight is 355 g/mol. The number of nitrogens with one attached hydrogen (secondary N) is 1. The molecule has 0 unspecified atom stereocenters. The normalized spacial score (nSPS) is 13.5. The van der Waals surface area contributed by atoms with Crippen LogP contribution in [-0.2, 0) is 11.3 Å². The molecule has 1 fully saturated rings. The Hall–Kier alpha value is -2.76. The van der Waals surface area contributed by atoms with Crippen molar-refractivity contribution in [3.8, 4) is 11.5 Å². The maximum Gasteiger partial charge on any atom is 0.258 e. The van der Waals surface area contributed by atoms with E-state index in [1.807, 2.05) is 37.3 Å². The standard InChI is InChI=1S/C20H25N3O3/c1-2-25-17-7-3-4-8-18(17)26-15-20(24)22-14-16-9-10-21-19(13-16)23-11-5-6-12-23/h3-4,7-10,13H,2,5-6,11-12,14-15H2,1H3,(H,22,24). The summed E-state index contributed by atoms with van der Waals surface area (Å²) < 4.78 is 11.1. The smallest absolute Gasteiger partial charge is 0.258 e. The molecule has 0 aliphatic carbocycles. The molecule has 1 aromatic carbocycles. The monoisotopic (exact) mass is 355 g/mol. The number of para-hydroxylation sites is 2. The third kappa shape index (κ3) is 4.88. The lowest BCUT2D eigenvalue weighted by molar-refractivity contribution is -0.123. The van der Waals surface area contributed by atoms with Gasteiger partial charge in [0.15, 0.2) is 18.1 Å². The summed E-state index contributed by atoms with van der Waals surface area (Å²) in [7, 11) is 0. The lowest BCUT2D eigenvalue weighted by atomic mass is 10.2. The van der Waals surface area contributed by atoms with Gasteiger partial charge in [-0.2, -0.15) is 0 Å². The molecule has 0 atom stereocenters. The van der Waals surface area contributed by atoms with Crippen molar-refractivity contribution >= 4 is 11.7 Å². The quantitative estimate of drug-likeness (QED) is 0.789. The highest BCUT2D eigenvalue weighted by Crippen LogP contribution is 2.26. The summed E-state index contributed by atoms with van der Waals surface area (Å²) in [6, 6.07) is 11.3. The van der Waals surface area contributed by atoms with Crippen molar-refractivity contribution < 1.29 is 14.3 Å². The number of aromatic nitrogens is 1. The molecule has 3 rings (SSSR count). The zero-order chi connectivity index (χ0) is 18.2. The molecule has 1 aliphatic rings. The fourth-order valence-corrected chi connectivity index (χ4v) is 2.93. The van der Waals surface area contributed by atoms with E-state index >= 15 is 0 Å². The Bertz CT molecular complexity index is 730. The minimum absolute atomic E-state index is 0.0475. The number of anilines is 1. The lowest BCUT2D eigenvalue weighted by Gasteiger charge is -2.17. The Kier molecular flexibility index (Phi) is 6.30. The molecule has 0 radical (unpaired) electrons. The maximum atomic E-state index is 12.1. The highest BCUT2D eigenvalue weighted by molar-refractivity contribution is 5.77. The van der Waals surface area contributed by atoms with Crippen LogP contribution < -0.4 is 19.7 Å². The first-order valence-corrected chi connectivity index (χ1v) is 9.07. The SMILES string of the molecule is CCOc1ccccc1OCC(=O)NCc1ccnc(N2CCCC2)c1. The summed E-state index contributed by atoms with van der Waals surface area (Å²) >= 11 is 0. The molecule has 2 heterocycles. The predicted molar refractivity (Wildman–Crippen MR) is 101 cm³/mol. The largest absolute Gasteiger partial charge is 0.490 e. The van der Waals surface area contributed by atoms with E-state index in [1.54, 1.807) is 12.3 Å². The van der Waals surface area contributed by atoms with Crippen LogP contribution in [0.25, 0.3) is 0 Å². The van der Waals surface area contributed by atoms with Crippen molar-refractivity contribution in [1.82, 2.24) is 10.3 Å². The van der Waals surface area contributed by atoms with E-state index in [-0.39, 0.29) is 12.5 Å². The van der Waals surface area contributed by atoms with Crippen molar-refractivity contribution in [3.63, 3.8) is 0 Å². The molecule has 1 N–H and O–H groups in total. The second-order valence-corrected chi connectivity index (χ2v) is 6.16. The topological polar surface area (TPSA) is 63.7 Å². The molecule has 0 bridgehead atoms. The number of hydrogen-bond acceptors (Lipinski definition) is 5. The fraction of sp³-hybridized carbons (Fsp3) is 0.400. The highest BCUT2D eigenvalue weighted by Gasteiger charge is 2.14. The molecule has 1 saturated heterocycles. The Balaban J connectivity index is 1.49. The fourth-order valence-electron chi connectivity index (χ4n) is 2.93. The van der Waals surface area contributed by atoms with Crippen LogP contribution in [0.2, 0.25) is 0 Å². The van der Waals surface area contributed by atoms with Gasteiger partial charge in [0.25, 0.3) is 5.91 Å². The summed E-state index contributed by atoms with van der Waals surface area (Å²) in [5.74, 6) is 2.03. The zero-order valence-corrected chi connectivity index (χ0v) is 15.1. The van der Waals surface area contributed by atoms with Gasteiger partial charge in [-0.15, -0.1) is 0 Å². The van der Waals surface area contributed by atoms with E-state index in [0.717, 1.165) is 24.5 Å². The van der Waals surface area contributed by atoms with Crippen molar-refractivity contribution in [1.29, 1.82) is 0 Å². The molecule has 0 saturated carbocycles. The second kappa shape index (κ2) is 9.08. The van der Waals surface area contributed by atoms with Crippen LogP contribution in [0.15, 0.2) is 42.6 Å². The Morgan fingerprint density at radius 2 is 1.88 bits per heavy atom. The van der Waals surface area contributed by atoms with Crippen LogP contribution >= 0.6 is 0 Å². The molecule has 2 aromatic rings. The first-order valence-electron chi connectivity index (χ1n) is 9.07. The number of ether oxygens (including phenoxy) is 2. The van der Waals surface area contributed by atoms with Gasteiger partial charge in [-0.25, -0.2) is 4.98 Å². The van der Waals surface area contributed by atoms with Crippen LogP contribution in [0.3, 0.4) is 0 Å². The minimum atomic E-state index is -0.171. The average Bonchev–Trinajstić information content (AvgIpc) is 3.21. The van der Waals surface area contributed by atoms with Gasteiger partial charge in [0.05, 0.1) is 6.61 Å². The lowest BCUT2D eigenvalue weighted by Crippen LogP contribution is -2.28. The van der Waals surface area contributed by atoms with E-state index in [0.29, 0.717) is 24.7 Å². The molecular formula is C20H25N3O3. The maximum absolute atomic E-state index is 12.1. The Labute approximate surface area is 154 Å². The molecule has 0 spiro atoms. The number of hydrogen-bond donors (Lipinski definition) is 1. The molecule has 1 amide bonds. The van der Waals surface area contributed by atoms with E-state index in [2.05, 4.69) is 15.2 Å². The van der Waals surface area contributed by atoms with E-state index < -0.39 is 0 Å². The number of pyridine rings is 1. The third-order valence-corrected chi connectivity index (χ3v) is 4.24. The summed E-state index contributed by atoms with van der Waals surface area (Å²) in [5.41, 5.74) is 1.03. The van der Waals surface area contributed by atoms with Crippen LogP contribution in [0.4, 0.5) is 5.82 Å². The third-order valence-electron chi connectivity index (χ3n) is 4.24. The van der Waals surface area contributed by atoms with Gasteiger partial charge in [0, 0.05) is 25.8 Å². The van der Waals surface area contributed by atoms with E-state index in [4.69, 9.17) is 9.47 Å². The minimum Gasteiger partial charge on any atom is -0.490 e. The number of carbonyl (C=O) groups is 1. The predicted octanol–water partition coefficient (Wildman–Crippen LogP) is 2.78. The van der Waals surface area contributed by atoms with Gasteiger partial charge in [-0.3, -0.25) is 4.79 Å². The first-order chi connectivity index (χ1) is 12.8. The Morgan fingerprint density at radius 1 is 1.15 bits per heavy atom. The van der Waals surface area contributed by atoms with Crippen molar-refractivity contribution in [3.05, 3.63) is 48.2 Å². The van der Waals surface area contributed by atoms with Gasteiger partial charge >= 0.3 is 0 Å². The van der Waals surface area contributed by atoms with Gasteiger partial charge < -0.3 is 19.7 Å². The van der Waals surface area contributed by atoms with Gasteiger partial charge in [0.1, 0.15) is 5.82 Å². The highest BCUT2D eigenvalue weighted by atomic mass is 16.5. The van der Waals surface area contributed by atoms with Crippen LogP contribution in [0.5, 0.6) is 11.5 Å². The van der Waals surface area contributed by atoms with Crippen molar-refractivity contribution in [2.24, 2.45) is 0 Å². The van der Waals surface area contributed by atoms with Crippen LogP contribution in [0.1, 0.15) is 25.3 Å². The first kappa shape index (κ1) is 18.0. The number of benzene rings is 1. The molecule has 1 aliphatic heterocycles. The number of amides is 1. The van der Waals surface area contributed by atoms with Crippen LogP contribution in [0, 0.1) is 0 Å². The van der Waals surface area contributed by atoms with E-state index in [9.17, 15) is 4.79 Å². The molecule has 6 heteroatoms. The summed E-state index contributed by atoms with van der Waals surface area (Å²) in [6.45, 7) is 4.97. The molecule has 1 aromatic heterocycles. The van der Waals surface area contributed by atoms with Gasteiger partial charge in [-0.1, -0.05) is 12.1 Å². The van der Waals surface area contributed by atoms with E-state index in [1.165, 1.54) is 12.8 Å². The van der Waals surface area contributed by atoms with Gasteiger partial charge in [-0.05, 0) is 49.6 Å². The second-order valence-electron chi connectivity index (χ2n) is 6.16. The number of nitrogens with zero attached hydrogens (tertiary/aromatic N) is 2. The molecular weight excluding hydrogens is 330 g/mol. The zero-order valence-electron chi connectivity index (χ0n) is 15.1. The number of rotatable bonds is 8. The summed E-state index contributed by atoms with van der Waals surface area (Å²) in [4.78, 5) is 18.8. The summed E-state index contributed by atoms with van der Waals surface area (Å²) in [6.07, 6.45) is 4.22. The molecule has 26 heavy (non-hydrogen) atoms. The van der Waals surface area contributed by atoms with Gasteiger partial charge in [0.2, 0.25) is 0 Å². The molecule has 6 nitrogen and oxygen atoms in total. The summed E-state index contributed by atoms with van der Waals surface area (Å²) in [5, 5.41) is 2.89. The molecule has 138 valence electrons. The van der Waals surface area contributed by atoms with Crippen molar-refractivity contribution in [2.45, 2.75) is 26.3 Å². The number of carbonyl (C=O) groups excluding carboxylic acids is 1. The van der Waals surface area contributed by atoms with Crippen molar-refractivity contribution in [2.75, 3.05) is 31.2 Å². The van der Waals surface area contributed by atoms with Crippen LogP contribution in [-0.4, -0.2) is 37.2 Å².